The molecule has 2 aliphatic heterocycles. The maximum atomic E-state index is 12.8. The van der Waals surface area contributed by atoms with E-state index in [-0.39, 0.29) is 0 Å². The molecule has 1 aromatic heterocycles. The third kappa shape index (κ3) is 3.30. The summed E-state index contributed by atoms with van der Waals surface area (Å²) in [6.45, 7) is 9.33. The molecular weight excluding hydrogens is 290 g/mol. The molecule has 0 unspecified atom stereocenters. The van der Waals surface area contributed by atoms with Crippen molar-refractivity contribution < 1.29 is 9.32 Å². The molecule has 0 aliphatic carbocycles. The average molecular weight is 319 g/mol. The lowest BCUT2D eigenvalue weighted by Gasteiger charge is -2.34. The van der Waals surface area contributed by atoms with Gasteiger partial charge in [0.15, 0.2) is 0 Å². The van der Waals surface area contributed by atoms with Gasteiger partial charge in [-0.3, -0.25) is 9.69 Å². The van der Waals surface area contributed by atoms with E-state index >= 15 is 0 Å². The number of likely N-dealkylation sites (tertiary alicyclic amines) is 2. The molecular formula is C18H29N3O2. The first-order valence-electron chi connectivity index (χ1n) is 9.07. The minimum Gasteiger partial charge on any atom is -0.361 e. The molecule has 0 saturated carbocycles. The van der Waals surface area contributed by atoms with E-state index < -0.39 is 0 Å². The summed E-state index contributed by atoms with van der Waals surface area (Å²) >= 11 is 0. The molecule has 1 amide bonds. The largest absolute Gasteiger partial charge is 0.361 e. The van der Waals surface area contributed by atoms with Gasteiger partial charge in [-0.15, -0.1) is 0 Å². The highest BCUT2D eigenvalue weighted by Crippen LogP contribution is 2.30. The zero-order valence-corrected chi connectivity index (χ0v) is 14.7. The second-order valence-corrected chi connectivity index (χ2v) is 6.94. The third-order valence-corrected chi connectivity index (χ3v) is 5.65. The quantitative estimate of drug-likeness (QED) is 0.837. The molecule has 128 valence electrons. The van der Waals surface area contributed by atoms with Gasteiger partial charge in [0, 0.05) is 30.6 Å². The molecule has 0 spiro atoms. The predicted octanol–water partition coefficient (Wildman–Crippen LogP) is 2.70. The van der Waals surface area contributed by atoms with Crippen LogP contribution in [0.1, 0.15) is 56.0 Å². The number of nitrogens with zero attached hydrogens (tertiary/aromatic N) is 3. The Balaban J connectivity index is 1.62. The minimum absolute atomic E-state index is 0.301. The van der Waals surface area contributed by atoms with Crippen molar-refractivity contribution in [3.05, 3.63) is 17.0 Å². The zero-order valence-electron chi connectivity index (χ0n) is 14.7. The molecule has 23 heavy (non-hydrogen) atoms. The van der Waals surface area contributed by atoms with Crippen molar-refractivity contribution in [2.24, 2.45) is 0 Å². The van der Waals surface area contributed by atoms with Crippen molar-refractivity contribution in [2.45, 2.75) is 71.4 Å². The van der Waals surface area contributed by atoms with E-state index in [0.717, 1.165) is 49.4 Å². The van der Waals surface area contributed by atoms with Crippen molar-refractivity contribution in [3.63, 3.8) is 0 Å². The van der Waals surface area contributed by atoms with Gasteiger partial charge in [0.05, 0.1) is 5.69 Å². The van der Waals surface area contributed by atoms with Crippen LogP contribution in [0.2, 0.25) is 0 Å². The number of carbonyl (C=O) groups is 1. The molecule has 2 saturated heterocycles. The maximum Gasteiger partial charge on any atom is 0.223 e. The Morgan fingerprint density at radius 3 is 2.65 bits per heavy atom. The topological polar surface area (TPSA) is 49.6 Å². The number of aromatic nitrogens is 1. The lowest BCUT2D eigenvalue weighted by molar-refractivity contribution is -0.133. The average Bonchev–Trinajstić information content (AvgIpc) is 3.25. The van der Waals surface area contributed by atoms with E-state index in [1.54, 1.807) is 0 Å². The van der Waals surface area contributed by atoms with Crippen LogP contribution in [0.3, 0.4) is 0 Å². The van der Waals surface area contributed by atoms with Crippen LogP contribution in [0.5, 0.6) is 0 Å². The predicted molar refractivity (Wildman–Crippen MR) is 89.3 cm³/mol. The Morgan fingerprint density at radius 1 is 1.22 bits per heavy atom. The van der Waals surface area contributed by atoms with Gasteiger partial charge in [0.25, 0.3) is 0 Å². The van der Waals surface area contributed by atoms with Crippen LogP contribution in [0, 0.1) is 13.8 Å². The number of amides is 1. The number of aryl methyl sites for hydroxylation is 2. The van der Waals surface area contributed by atoms with Gasteiger partial charge >= 0.3 is 0 Å². The molecule has 5 heteroatoms. The highest BCUT2D eigenvalue weighted by Gasteiger charge is 2.38. The summed E-state index contributed by atoms with van der Waals surface area (Å²) in [6, 6.07) is 1.00. The van der Waals surface area contributed by atoms with Gasteiger partial charge in [0.1, 0.15) is 5.76 Å². The number of carbonyl (C=O) groups excluding carboxylic acids is 1. The van der Waals surface area contributed by atoms with E-state index in [0.29, 0.717) is 24.4 Å². The lowest BCUT2D eigenvalue weighted by atomic mass is 10.0. The second kappa shape index (κ2) is 7.04. The van der Waals surface area contributed by atoms with Crippen LogP contribution in [0.15, 0.2) is 4.52 Å². The highest BCUT2D eigenvalue weighted by molar-refractivity contribution is 5.77. The summed E-state index contributed by atoms with van der Waals surface area (Å²) in [6.07, 6.45) is 6.14. The first kappa shape index (κ1) is 16.5. The Kier molecular flexibility index (Phi) is 5.05. The van der Waals surface area contributed by atoms with Crippen LogP contribution in [-0.4, -0.2) is 52.6 Å². The molecule has 0 aromatic carbocycles. The fraction of sp³-hybridized carbons (Fsp3) is 0.778. The van der Waals surface area contributed by atoms with Crippen LogP contribution >= 0.6 is 0 Å². The highest BCUT2D eigenvalue weighted by atomic mass is 16.5. The summed E-state index contributed by atoms with van der Waals surface area (Å²) in [4.78, 5) is 17.5. The Hall–Kier alpha value is -1.36. The molecule has 1 aromatic rings. The van der Waals surface area contributed by atoms with Crippen molar-refractivity contribution in [3.8, 4) is 0 Å². The van der Waals surface area contributed by atoms with Crippen molar-refractivity contribution in [1.82, 2.24) is 15.0 Å². The monoisotopic (exact) mass is 319 g/mol. The van der Waals surface area contributed by atoms with Crippen LogP contribution in [0.4, 0.5) is 0 Å². The number of rotatable bonds is 5. The van der Waals surface area contributed by atoms with Crippen molar-refractivity contribution >= 4 is 5.91 Å². The maximum absolute atomic E-state index is 12.8. The second-order valence-electron chi connectivity index (χ2n) is 6.94. The molecule has 0 N–H and O–H groups in total. The van der Waals surface area contributed by atoms with Crippen molar-refractivity contribution in [1.29, 1.82) is 0 Å². The Morgan fingerprint density at radius 2 is 1.96 bits per heavy atom. The summed E-state index contributed by atoms with van der Waals surface area (Å²) in [5.74, 6) is 1.15. The number of hydrogen-bond donors (Lipinski definition) is 0. The van der Waals surface area contributed by atoms with Crippen LogP contribution < -0.4 is 0 Å². The van der Waals surface area contributed by atoms with Gasteiger partial charge in [-0.1, -0.05) is 12.1 Å². The molecule has 0 bridgehead atoms. The number of hydrogen-bond acceptors (Lipinski definition) is 4. The normalized spacial score (nSPS) is 25.4. The van der Waals surface area contributed by atoms with E-state index in [1.165, 1.54) is 19.4 Å². The first-order valence-corrected chi connectivity index (χ1v) is 9.07. The fourth-order valence-electron chi connectivity index (χ4n) is 4.42. The van der Waals surface area contributed by atoms with Crippen LogP contribution in [0.25, 0.3) is 0 Å². The molecule has 2 atom stereocenters. The zero-order chi connectivity index (χ0) is 16.4. The molecule has 5 nitrogen and oxygen atoms in total. The van der Waals surface area contributed by atoms with Gasteiger partial charge in [-0.05, 0) is 59.0 Å². The smallest absolute Gasteiger partial charge is 0.223 e. The van der Waals surface area contributed by atoms with E-state index in [9.17, 15) is 4.79 Å². The SMILES string of the molecule is CCN1CCC[C@H]1[C@@H]1CCCN1C(=O)CCc1c(C)noc1C. The van der Waals surface area contributed by atoms with E-state index in [4.69, 9.17) is 4.52 Å². The van der Waals surface area contributed by atoms with Gasteiger partial charge in [0.2, 0.25) is 5.91 Å². The molecule has 2 fully saturated rings. The standard InChI is InChI=1S/C18H29N3O2/c1-4-20-11-5-7-16(20)17-8-6-12-21(17)18(22)10-9-15-13(2)19-23-14(15)3/h16-17H,4-12H2,1-3H3/t16-,17-/m0/s1. The summed E-state index contributed by atoms with van der Waals surface area (Å²) in [5.41, 5.74) is 2.02. The van der Waals surface area contributed by atoms with E-state index in [1.807, 2.05) is 13.8 Å². The minimum atomic E-state index is 0.301. The first-order chi connectivity index (χ1) is 11.1. The molecule has 3 rings (SSSR count). The fourth-order valence-corrected chi connectivity index (χ4v) is 4.42. The molecule has 3 heterocycles. The van der Waals surface area contributed by atoms with Gasteiger partial charge in [-0.2, -0.15) is 0 Å². The third-order valence-electron chi connectivity index (χ3n) is 5.65. The summed E-state index contributed by atoms with van der Waals surface area (Å²) in [5, 5.41) is 3.98. The van der Waals surface area contributed by atoms with Gasteiger partial charge < -0.3 is 9.42 Å². The summed E-state index contributed by atoms with van der Waals surface area (Å²) in [7, 11) is 0. The van der Waals surface area contributed by atoms with Crippen LogP contribution in [-0.2, 0) is 11.2 Å². The molecule has 2 aliphatic rings. The Bertz CT molecular complexity index is 535. The van der Waals surface area contributed by atoms with Gasteiger partial charge in [-0.25, -0.2) is 0 Å². The lowest BCUT2D eigenvalue weighted by Crippen LogP contribution is -2.48. The van der Waals surface area contributed by atoms with E-state index in [2.05, 4.69) is 21.9 Å². The number of likely N-dealkylation sites (N-methyl/N-ethyl adjacent to an activating group) is 1. The summed E-state index contributed by atoms with van der Waals surface area (Å²) < 4.78 is 5.20. The Labute approximate surface area is 139 Å². The van der Waals surface area contributed by atoms with Crippen molar-refractivity contribution in [2.75, 3.05) is 19.6 Å². The molecule has 0 radical (unpaired) electrons.